The first kappa shape index (κ1) is 16.4. The molecule has 0 spiro atoms. The molecule has 1 aliphatic rings. The number of amides is 2. The maximum absolute atomic E-state index is 12.6. The lowest BCUT2D eigenvalue weighted by atomic mass is 10.1. The molecule has 0 saturated carbocycles. The van der Waals surface area contributed by atoms with E-state index in [4.69, 9.17) is 0 Å². The minimum absolute atomic E-state index is 0.0169. The van der Waals surface area contributed by atoms with Crippen molar-refractivity contribution in [3.8, 4) is 0 Å². The van der Waals surface area contributed by atoms with Crippen LogP contribution >= 0.6 is 0 Å². The van der Waals surface area contributed by atoms with Crippen LogP contribution in [-0.2, 0) is 6.54 Å². The number of rotatable bonds is 4. The molecular weight excluding hydrogens is 300 g/mol. The van der Waals surface area contributed by atoms with Gasteiger partial charge in [-0.1, -0.05) is 18.2 Å². The third-order valence-corrected chi connectivity index (χ3v) is 4.98. The largest absolute Gasteiger partial charge is 0.370 e. The number of carbonyl (C=O) groups excluding carboxylic acids is 1. The highest BCUT2D eigenvalue weighted by Gasteiger charge is 2.27. The highest BCUT2D eigenvalue weighted by molar-refractivity contribution is 5.75. The summed E-state index contributed by atoms with van der Waals surface area (Å²) in [5, 5.41) is 3.09. The van der Waals surface area contributed by atoms with Gasteiger partial charge in [-0.2, -0.15) is 0 Å². The van der Waals surface area contributed by atoms with Crippen LogP contribution in [0.2, 0.25) is 0 Å². The molecule has 5 nitrogen and oxygen atoms in total. The molecule has 0 fully saturated rings. The first-order valence-electron chi connectivity index (χ1n) is 8.55. The molecule has 1 aliphatic heterocycles. The maximum Gasteiger partial charge on any atom is 0.318 e. The summed E-state index contributed by atoms with van der Waals surface area (Å²) in [6.07, 6.45) is 2.08. The lowest BCUT2D eigenvalue weighted by Crippen LogP contribution is -2.49. The van der Waals surface area contributed by atoms with Gasteiger partial charge in [-0.15, -0.1) is 0 Å². The first-order valence-corrected chi connectivity index (χ1v) is 8.55. The zero-order valence-electron chi connectivity index (χ0n) is 14.6. The Labute approximate surface area is 143 Å². The third kappa shape index (κ3) is 3.25. The number of urea groups is 1. The van der Waals surface area contributed by atoms with Crippen LogP contribution in [0.5, 0.6) is 0 Å². The highest BCUT2D eigenvalue weighted by Crippen LogP contribution is 2.25. The smallest absolute Gasteiger partial charge is 0.318 e. The predicted molar refractivity (Wildman–Crippen MR) is 97.3 cm³/mol. The molecule has 1 N–H and O–H groups in total. The zero-order valence-corrected chi connectivity index (χ0v) is 14.6. The molecule has 0 radical (unpaired) electrons. The average Bonchev–Trinajstić information content (AvgIpc) is 3.09. The van der Waals surface area contributed by atoms with Crippen molar-refractivity contribution in [2.24, 2.45) is 0 Å². The second kappa shape index (κ2) is 6.99. The van der Waals surface area contributed by atoms with Crippen molar-refractivity contribution in [1.82, 2.24) is 14.8 Å². The SMILES string of the molecule is C[C@@H]1c2cccn2CCN1C(=O)NC[C@H](C)N(C)c1ccccc1. The van der Waals surface area contributed by atoms with E-state index in [0.29, 0.717) is 6.54 Å². The number of hydrogen-bond acceptors (Lipinski definition) is 2. The highest BCUT2D eigenvalue weighted by atomic mass is 16.2. The van der Waals surface area contributed by atoms with Crippen LogP contribution in [0.15, 0.2) is 48.7 Å². The van der Waals surface area contributed by atoms with Gasteiger partial charge in [0.05, 0.1) is 6.04 Å². The quantitative estimate of drug-likeness (QED) is 0.938. The number of benzene rings is 1. The fourth-order valence-electron chi connectivity index (χ4n) is 3.25. The van der Waals surface area contributed by atoms with Crippen molar-refractivity contribution >= 4 is 11.7 Å². The average molecular weight is 326 g/mol. The lowest BCUT2D eigenvalue weighted by molar-refractivity contribution is 0.162. The van der Waals surface area contributed by atoms with Gasteiger partial charge in [0.1, 0.15) is 0 Å². The van der Waals surface area contributed by atoms with Crippen LogP contribution in [-0.4, -0.2) is 41.7 Å². The van der Waals surface area contributed by atoms with Crippen LogP contribution in [0.25, 0.3) is 0 Å². The summed E-state index contributed by atoms with van der Waals surface area (Å²) >= 11 is 0. The van der Waals surface area contributed by atoms with E-state index in [-0.39, 0.29) is 18.1 Å². The number of fused-ring (bicyclic) bond motifs is 1. The Morgan fingerprint density at radius 1 is 1.25 bits per heavy atom. The maximum atomic E-state index is 12.6. The first-order chi connectivity index (χ1) is 11.6. The number of carbonyl (C=O) groups is 1. The number of aromatic nitrogens is 1. The number of likely N-dealkylation sites (N-methyl/N-ethyl adjacent to an activating group) is 1. The fourth-order valence-corrected chi connectivity index (χ4v) is 3.25. The molecule has 1 aromatic carbocycles. The van der Waals surface area contributed by atoms with Gasteiger partial charge in [-0.25, -0.2) is 4.79 Å². The summed E-state index contributed by atoms with van der Waals surface area (Å²) in [4.78, 5) is 16.7. The summed E-state index contributed by atoms with van der Waals surface area (Å²) in [5.74, 6) is 0. The molecule has 0 unspecified atom stereocenters. The van der Waals surface area contributed by atoms with Crippen LogP contribution in [0, 0.1) is 0 Å². The van der Waals surface area contributed by atoms with Crippen molar-refractivity contribution in [2.75, 3.05) is 25.0 Å². The van der Waals surface area contributed by atoms with E-state index < -0.39 is 0 Å². The number of nitrogens with zero attached hydrogens (tertiary/aromatic N) is 3. The molecular formula is C19H26N4O. The van der Waals surface area contributed by atoms with Crippen LogP contribution in [0.1, 0.15) is 25.6 Å². The van der Waals surface area contributed by atoms with Gasteiger partial charge in [-0.05, 0) is 38.1 Å². The summed E-state index contributed by atoms with van der Waals surface area (Å²) < 4.78 is 2.22. The fraction of sp³-hybridized carbons (Fsp3) is 0.421. The Morgan fingerprint density at radius 2 is 2.00 bits per heavy atom. The van der Waals surface area contributed by atoms with Crippen molar-refractivity contribution < 1.29 is 4.79 Å². The van der Waals surface area contributed by atoms with E-state index in [2.05, 4.69) is 60.1 Å². The van der Waals surface area contributed by atoms with Crippen molar-refractivity contribution in [3.63, 3.8) is 0 Å². The predicted octanol–water partition coefficient (Wildman–Crippen LogP) is 3.10. The molecule has 2 atom stereocenters. The molecule has 2 amide bonds. The molecule has 24 heavy (non-hydrogen) atoms. The van der Waals surface area contributed by atoms with E-state index in [9.17, 15) is 4.79 Å². The molecule has 5 heteroatoms. The number of hydrogen-bond donors (Lipinski definition) is 1. The van der Waals surface area contributed by atoms with E-state index in [1.807, 2.05) is 29.2 Å². The molecule has 2 heterocycles. The summed E-state index contributed by atoms with van der Waals surface area (Å²) in [6, 6.07) is 14.7. The number of anilines is 1. The van der Waals surface area contributed by atoms with Crippen LogP contribution in [0.4, 0.5) is 10.5 Å². The second-order valence-electron chi connectivity index (χ2n) is 6.48. The van der Waals surface area contributed by atoms with Gasteiger partial charge >= 0.3 is 6.03 Å². The third-order valence-electron chi connectivity index (χ3n) is 4.98. The van der Waals surface area contributed by atoms with Crippen molar-refractivity contribution in [2.45, 2.75) is 32.5 Å². The second-order valence-corrected chi connectivity index (χ2v) is 6.48. The Bertz CT molecular complexity index is 682. The van der Waals surface area contributed by atoms with Crippen molar-refractivity contribution in [3.05, 3.63) is 54.4 Å². The minimum Gasteiger partial charge on any atom is -0.370 e. The topological polar surface area (TPSA) is 40.5 Å². The minimum atomic E-state index is 0.0169. The van der Waals surface area contributed by atoms with E-state index >= 15 is 0 Å². The summed E-state index contributed by atoms with van der Waals surface area (Å²) in [7, 11) is 2.06. The molecule has 0 saturated heterocycles. The Hall–Kier alpha value is -2.43. The Morgan fingerprint density at radius 3 is 2.75 bits per heavy atom. The monoisotopic (exact) mass is 326 g/mol. The van der Waals surface area contributed by atoms with Crippen LogP contribution < -0.4 is 10.2 Å². The van der Waals surface area contributed by atoms with Gasteiger partial charge in [0.2, 0.25) is 0 Å². The van der Waals surface area contributed by atoms with E-state index in [1.165, 1.54) is 5.69 Å². The lowest BCUT2D eigenvalue weighted by Gasteiger charge is -2.35. The van der Waals surface area contributed by atoms with E-state index in [1.54, 1.807) is 0 Å². The van der Waals surface area contributed by atoms with Crippen molar-refractivity contribution in [1.29, 1.82) is 0 Å². The van der Waals surface area contributed by atoms with Gasteiger partial charge in [0.15, 0.2) is 0 Å². The van der Waals surface area contributed by atoms with Gasteiger partial charge < -0.3 is 19.7 Å². The molecule has 0 bridgehead atoms. The van der Waals surface area contributed by atoms with Gasteiger partial charge in [0, 0.05) is 50.3 Å². The van der Waals surface area contributed by atoms with E-state index in [0.717, 1.165) is 18.8 Å². The van der Waals surface area contributed by atoms with Gasteiger partial charge in [0.25, 0.3) is 0 Å². The van der Waals surface area contributed by atoms with Crippen LogP contribution in [0.3, 0.4) is 0 Å². The summed E-state index contributed by atoms with van der Waals surface area (Å²) in [6.45, 7) is 6.44. The molecule has 2 aromatic rings. The molecule has 3 rings (SSSR count). The zero-order chi connectivity index (χ0) is 17.1. The number of nitrogens with one attached hydrogen (secondary N) is 1. The Balaban J connectivity index is 1.56. The molecule has 128 valence electrons. The Kier molecular flexibility index (Phi) is 4.79. The summed E-state index contributed by atoms with van der Waals surface area (Å²) in [5.41, 5.74) is 2.36. The molecule has 0 aliphatic carbocycles. The normalized spacial score (nSPS) is 18.0. The molecule has 1 aromatic heterocycles. The standard InChI is InChI=1S/C19H26N4O/c1-15(21(3)17-8-5-4-6-9-17)14-20-19(24)23-13-12-22-11-7-10-18(22)16(23)2/h4-11,15-16H,12-14H2,1-3H3,(H,20,24)/t15-,16+/m0/s1. The number of para-hydroxylation sites is 1. The van der Waals surface area contributed by atoms with Gasteiger partial charge in [-0.3, -0.25) is 0 Å².